The average molecular weight is 550 g/mol. The van der Waals surface area contributed by atoms with E-state index < -0.39 is 16.0 Å². The second-order valence-corrected chi connectivity index (χ2v) is 10.5. The molecular formula is C16H13BI2O5-. The molecule has 0 bridgehead atoms. The summed E-state index contributed by atoms with van der Waals surface area (Å²) in [6.07, 6.45) is 0. The number of hydrogen-bond donors (Lipinski definition) is 1. The van der Waals surface area contributed by atoms with Crippen LogP contribution < -0.4 is 25.7 Å². The summed E-state index contributed by atoms with van der Waals surface area (Å²) in [4.78, 5) is 23.9. The Morgan fingerprint density at radius 3 is 2.67 bits per heavy atom. The van der Waals surface area contributed by atoms with Crippen LogP contribution in [-0.4, -0.2) is 36.0 Å². The van der Waals surface area contributed by atoms with Crippen molar-refractivity contribution in [3.63, 3.8) is 0 Å². The zero-order valence-electron chi connectivity index (χ0n) is 12.7. The van der Waals surface area contributed by atoms with Crippen LogP contribution in [0.3, 0.4) is 0 Å². The Balaban J connectivity index is 1.58. The van der Waals surface area contributed by atoms with Gasteiger partial charge in [0.1, 0.15) is 5.75 Å². The third-order valence-electron chi connectivity index (χ3n) is 3.52. The maximum atomic E-state index is 12.0. The van der Waals surface area contributed by atoms with Gasteiger partial charge < -0.3 is 5.11 Å². The molecule has 1 radical (unpaired) electrons. The van der Waals surface area contributed by atoms with Crippen LogP contribution in [-0.2, 0) is 14.3 Å². The molecule has 0 spiro atoms. The number of ether oxygens (including phenoxy) is 2. The number of fused-ring (bicyclic) bond motifs is 1. The molecule has 0 saturated carbocycles. The molecule has 0 aromatic heterocycles. The molecule has 125 valence electrons. The molecule has 2 aromatic rings. The fourth-order valence-electron chi connectivity index (χ4n) is 2.09. The quantitative estimate of drug-likeness (QED) is 0.175. The summed E-state index contributed by atoms with van der Waals surface area (Å²) in [5.74, 6) is -0.458. The first-order valence-corrected chi connectivity index (χ1v) is 10.7. The summed E-state index contributed by atoms with van der Waals surface area (Å²) in [6.45, 7) is 1.42. The predicted molar refractivity (Wildman–Crippen MR) is 94.2 cm³/mol. The number of carbonyl (C=O) groups is 2. The van der Waals surface area contributed by atoms with Gasteiger partial charge in [-0.3, -0.25) is 0 Å². The zero-order chi connectivity index (χ0) is 17.3. The summed E-state index contributed by atoms with van der Waals surface area (Å²) < 4.78 is 10.0. The van der Waals surface area contributed by atoms with E-state index in [1.807, 2.05) is 6.92 Å². The number of hydrogen-bond acceptors (Lipinski definition) is 5. The average Bonchev–Trinajstić information content (AvgIpc) is 3.38. The van der Waals surface area contributed by atoms with Crippen molar-refractivity contribution >= 4 is 50.4 Å². The van der Waals surface area contributed by atoms with Crippen LogP contribution in [0.4, 0.5) is 0 Å². The van der Waals surface area contributed by atoms with Gasteiger partial charge in [-0.25, -0.2) is 0 Å². The topological polar surface area (TPSA) is 72.8 Å². The molecule has 1 aliphatic heterocycles. The molecule has 0 aliphatic carbocycles. The van der Waals surface area contributed by atoms with Gasteiger partial charge in [0.2, 0.25) is 0 Å². The van der Waals surface area contributed by atoms with E-state index in [1.165, 1.54) is 0 Å². The van der Waals surface area contributed by atoms with Crippen LogP contribution in [0.25, 0.3) is 10.8 Å². The van der Waals surface area contributed by atoms with E-state index in [4.69, 9.17) is 9.47 Å². The Morgan fingerprint density at radius 2 is 1.96 bits per heavy atom. The van der Waals surface area contributed by atoms with Gasteiger partial charge in [0, 0.05) is 0 Å². The number of benzene rings is 2. The summed E-state index contributed by atoms with van der Waals surface area (Å²) in [7, 11) is 0. The van der Waals surface area contributed by atoms with Gasteiger partial charge in [-0.1, -0.05) is 0 Å². The Bertz CT molecular complexity index is 804. The van der Waals surface area contributed by atoms with Gasteiger partial charge in [0.15, 0.2) is 0 Å². The maximum absolute atomic E-state index is 12.0. The van der Waals surface area contributed by atoms with Crippen LogP contribution >= 0.6 is 22.6 Å². The second kappa shape index (κ2) is 7.07. The molecule has 2 unspecified atom stereocenters. The molecule has 2 aromatic carbocycles. The molecule has 0 amide bonds. The van der Waals surface area contributed by atoms with Crippen molar-refractivity contribution in [3.8, 4) is 11.5 Å². The Labute approximate surface area is 163 Å². The van der Waals surface area contributed by atoms with Crippen molar-refractivity contribution in [1.82, 2.24) is 0 Å². The van der Waals surface area contributed by atoms with Crippen LogP contribution in [0.5, 0.6) is 11.5 Å². The molecule has 2 atom stereocenters. The van der Waals surface area contributed by atoms with Gasteiger partial charge in [-0.2, -0.15) is 0 Å². The van der Waals surface area contributed by atoms with E-state index >= 15 is 0 Å². The number of halogens is 2. The molecule has 1 N–H and O–H groups in total. The summed E-state index contributed by atoms with van der Waals surface area (Å²) in [6, 6.07) is 10.0. The number of alkyl halides is 2. The fourth-order valence-corrected chi connectivity index (χ4v) is 5.88. The normalized spacial score (nSPS) is 18.7. The van der Waals surface area contributed by atoms with E-state index in [0.29, 0.717) is 9.57 Å². The predicted octanol–water partition coefficient (Wildman–Crippen LogP) is -0.764. The van der Waals surface area contributed by atoms with Crippen molar-refractivity contribution in [3.05, 3.63) is 36.4 Å². The Hall–Kier alpha value is -1.04. The fraction of sp³-hybridized carbons (Fsp3) is 0.250. The van der Waals surface area contributed by atoms with Crippen molar-refractivity contribution in [2.24, 2.45) is 0 Å². The molecule has 1 fully saturated rings. The van der Waals surface area contributed by atoms with Crippen LogP contribution in [0.1, 0.15) is 6.92 Å². The van der Waals surface area contributed by atoms with Crippen molar-refractivity contribution in [2.75, 3.05) is 6.61 Å². The summed E-state index contributed by atoms with van der Waals surface area (Å²) in [5, 5.41) is 13.3. The SMILES string of the molecule is CC(I)(C(=O)OCC(=O)Oc1ccc2cc(O)ccc2c1)C1[B][I-]1. The minimum absolute atomic E-state index is 0.00409. The number of phenolic OH excluding ortho intramolecular Hbond substituents is 1. The second-order valence-electron chi connectivity index (χ2n) is 5.47. The molecule has 24 heavy (non-hydrogen) atoms. The third kappa shape index (κ3) is 4.13. The molecule has 1 aliphatic rings. The number of aromatic hydroxyl groups is 1. The van der Waals surface area contributed by atoms with Gasteiger partial charge in [-0.15, -0.1) is 0 Å². The number of phenols is 1. The summed E-state index contributed by atoms with van der Waals surface area (Å²) in [5.41, 5.74) is 0. The van der Waals surface area contributed by atoms with Crippen LogP contribution in [0.2, 0.25) is 0 Å². The first-order valence-electron chi connectivity index (χ1n) is 7.11. The molecule has 3 rings (SSSR count). The first-order chi connectivity index (χ1) is 11.4. The van der Waals surface area contributed by atoms with Crippen molar-refractivity contribution in [1.29, 1.82) is 0 Å². The number of rotatable bonds is 5. The Kier molecular flexibility index (Phi) is 5.23. The molecule has 8 heteroatoms. The molecule has 5 nitrogen and oxygen atoms in total. The zero-order valence-corrected chi connectivity index (χ0v) is 17.0. The van der Waals surface area contributed by atoms with Crippen LogP contribution in [0.15, 0.2) is 36.4 Å². The molecular weight excluding hydrogens is 537 g/mol. The third-order valence-corrected chi connectivity index (χ3v) is 8.50. The number of carbonyl (C=O) groups excluding carboxylic acids is 2. The van der Waals surface area contributed by atoms with E-state index in [9.17, 15) is 14.7 Å². The minimum atomic E-state index is -0.622. The van der Waals surface area contributed by atoms with Crippen molar-refractivity contribution in [2.45, 2.75) is 14.2 Å². The standard InChI is InChI=1S/C16H13BI2O5/c1-16(18,14-17-19-14)15(22)23-8-13(21)24-12-5-3-9-6-11(20)4-2-10(9)7-12/h2-7,14,20H,8H2,1H3/q-1. The first kappa shape index (κ1) is 17.8. The summed E-state index contributed by atoms with van der Waals surface area (Å²) >= 11 is 2.08. The molecule has 1 saturated heterocycles. The van der Waals surface area contributed by atoms with E-state index in [0.717, 1.165) is 10.8 Å². The van der Waals surface area contributed by atoms with Gasteiger partial charge >= 0.3 is 153 Å². The van der Waals surface area contributed by atoms with Gasteiger partial charge in [-0.05, 0) is 0 Å². The van der Waals surface area contributed by atoms with Gasteiger partial charge in [0.25, 0.3) is 0 Å². The van der Waals surface area contributed by atoms with Gasteiger partial charge in [0.05, 0.1) is 0 Å². The van der Waals surface area contributed by atoms with E-state index in [-0.39, 0.29) is 32.7 Å². The molecule has 1 heterocycles. The van der Waals surface area contributed by atoms with Crippen LogP contribution in [0, 0.1) is 0 Å². The monoisotopic (exact) mass is 550 g/mol. The van der Waals surface area contributed by atoms with Crippen molar-refractivity contribution < 1.29 is 45.2 Å². The number of esters is 2. The Morgan fingerprint density at radius 1 is 1.29 bits per heavy atom. The van der Waals surface area contributed by atoms with E-state index in [1.54, 1.807) is 36.4 Å². The van der Waals surface area contributed by atoms with E-state index in [2.05, 4.69) is 27.7 Å².